The number of urea groups is 1. The SMILES string of the molecule is Cc1c(NC(=O)N[C@H](C(=O)O)C(C)C)cccc1[N+](=O)[O-]. The van der Waals surface area contributed by atoms with Crippen LogP contribution in [0.5, 0.6) is 0 Å². The zero-order valence-corrected chi connectivity index (χ0v) is 11.9. The second-order valence-corrected chi connectivity index (χ2v) is 4.87. The largest absolute Gasteiger partial charge is 0.480 e. The van der Waals surface area contributed by atoms with Gasteiger partial charge in [0.1, 0.15) is 6.04 Å². The van der Waals surface area contributed by atoms with Crippen LogP contribution in [0.4, 0.5) is 16.2 Å². The maximum Gasteiger partial charge on any atom is 0.326 e. The summed E-state index contributed by atoms with van der Waals surface area (Å²) in [5.74, 6) is -1.43. The second-order valence-electron chi connectivity index (χ2n) is 4.87. The van der Waals surface area contributed by atoms with Crippen LogP contribution in [0, 0.1) is 23.0 Å². The van der Waals surface area contributed by atoms with Crippen LogP contribution in [0.25, 0.3) is 0 Å². The zero-order valence-electron chi connectivity index (χ0n) is 11.9. The van der Waals surface area contributed by atoms with Crippen molar-refractivity contribution in [3.05, 3.63) is 33.9 Å². The maximum atomic E-state index is 11.8. The molecule has 8 heteroatoms. The third-order valence-electron chi connectivity index (χ3n) is 2.97. The molecule has 1 aromatic carbocycles. The Labute approximate surface area is 121 Å². The number of rotatable bonds is 5. The molecule has 0 aliphatic heterocycles. The van der Waals surface area contributed by atoms with E-state index in [4.69, 9.17) is 5.11 Å². The molecule has 3 N–H and O–H groups in total. The van der Waals surface area contributed by atoms with E-state index in [1.54, 1.807) is 13.8 Å². The summed E-state index contributed by atoms with van der Waals surface area (Å²) in [5.41, 5.74) is 0.440. The number of aliphatic carboxylic acids is 1. The average molecular weight is 295 g/mol. The van der Waals surface area contributed by atoms with Crippen LogP contribution >= 0.6 is 0 Å². The Morgan fingerprint density at radius 1 is 1.33 bits per heavy atom. The van der Waals surface area contributed by atoms with Crippen LogP contribution in [0.2, 0.25) is 0 Å². The number of carbonyl (C=O) groups excluding carboxylic acids is 1. The Hall–Kier alpha value is -2.64. The summed E-state index contributed by atoms with van der Waals surface area (Å²) in [6.07, 6.45) is 0. The molecule has 1 aromatic rings. The molecule has 0 saturated heterocycles. The van der Waals surface area contributed by atoms with Gasteiger partial charge in [-0.25, -0.2) is 9.59 Å². The van der Waals surface area contributed by atoms with Gasteiger partial charge in [0.15, 0.2) is 0 Å². The van der Waals surface area contributed by atoms with Gasteiger partial charge in [0.05, 0.1) is 16.2 Å². The fourth-order valence-electron chi connectivity index (χ4n) is 1.77. The number of nitro benzene ring substituents is 1. The van der Waals surface area contributed by atoms with Gasteiger partial charge in [-0.2, -0.15) is 0 Å². The van der Waals surface area contributed by atoms with E-state index in [-0.39, 0.29) is 17.3 Å². The first-order valence-electron chi connectivity index (χ1n) is 6.28. The van der Waals surface area contributed by atoms with Gasteiger partial charge in [-0.1, -0.05) is 19.9 Å². The predicted molar refractivity (Wildman–Crippen MR) is 76.2 cm³/mol. The summed E-state index contributed by atoms with van der Waals surface area (Å²) < 4.78 is 0. The fourth-order valence-corrected chi connectivity index (χ4v) is 1.77. The lowest BCUT2D eigenvalue weighted by Crippen LogP contribution is -2.46. The van der Waals surface area contributed by atoms with Crippen molar-refractivity contribution in [2.24, 2.45) is 5.92 Å². The summed E-state index contributed by atoms with van der Waals surface area (Å²) >= 11 is 0. The predicted octanol–water partition coefficient (Wildman–Crippen LogP) is 2.13. The minimum atomic E-state index is -1.14. The number of nitro groups is 1. The topological polar surface area (TPSA) is 122 Å². The lowest BCUT2D eigenvalue weighted by molar-refractivity contribution is -0.385. The van der Waals surface area contributed by atoms with E-state index in [2.05, 4.69) is 10.6 Å². The first-order valence-corrected chi connectivity index (χ1v) is 6.28. The molecule has 0 unspecified atom stereocenters. The molecule has 1 rings (SSSR count). The van der Waals surface area contributed by atoms with E-state index in [1.165, 1.54) is 25.1 Å². The molecule has 114 valence electrons. The molecule has 21 heavy (non-hydrogen) atoms. The molecule has 0 radical (unpaired) electrons. The number of anilines is 1. The van der Waals surface area contributed by atoms with Crippen molar-refractivity contribution in [1.29, 1.82) is 0 Å². The van der Waals surface area contributed by atoms with Gasteiger partial charge in [0, 0.05) is 6.07 Å². The Morgan fingerprint density at radius 2 is 1.95 bits per heavy atom. The Balaban J connectivity index is 2.87. The van der Waals surface area contributed by atoms with Crippen LogP contribution < -0.4 is 10.6 Å². The van der Waals surface area contributed by atoms with Crippen molar-refractivity contribution in [2.75, 3.05) is 5.32 Å². The molecule has 0 saturated carbocycles. The molecule has 0 bridgehead atoms. The number of carboxylic acids is 1. The molecule has 2 amide bonds. The molecular weight excluding hydrogens is 278 g/mol. The van der Waals surface area contributed by atoms with Crippen molar-refractivity contribution < 1.29 is 19.6 Å². The molecule has 8 nitrogen and oxygen atoms in total. The van der Waals surface area contributed by atoms with E-state index < -0.39 is 23.0 Å². The zero-order chi connectivity index (χ0) is 16.2. The monoisotopic (exact) mass is 295 g/mol. The molecule has 1 atom stereocenters. The van der Waals surface area contributed by atoms with Gasteiger partial charge in [0.25, 0.3) is 5.69 Å². The van der Waals surface area contributed by atoms with Gasteiger partial charge in [-0.15, -0.1) is 0 Å². The standard InChI is InChI=1S/C13H17N3O5/c1-7(2)11(12(17)18)15-13(19)14-9-5-4-6-10(8(9)3)16(20)21/h4-7,11H,1-3H3,(H,17,18)(H2,14,15,19)/t11-/m0/s1. The summed E-state index contributed by atoms with van der Waals surface area (Å²) in [4.78, 5) is 33.1. The molecule has 0 aliphatic carbocycles. The highest BCUT2D eigenvalue weighted by Gasteiger charge is 2.24. The highest BCUT2D eigenvalue weighted by atomic mass is 16.6. The Morgan fingerprint density at radius 3 is 2.43 bits per heavy atom. The van der Waals surface area contributed by atoms with Crippen molar-refractivity contribution in [3.8, 4) is 0 Å². The fraction of sp³-hybridized carbons (Fsp3) is 0.385. The van der Waals surface area contributed by atoms with E-state index in [0.717, 1.165) is 0 Å². The molecule has 0 aliphatic rings. The lowest BCUT2D eigenvalue weighted by Gasteiger charge is -2.18. The smallest absolute Gasteiger partial charge is 0.326 e. The molecule has 0 fully saturated rings. The van der Waals surface area contributed by atoms with E-state index in [0.29, 0.717) is 5.56 Å². The van der Waals surface area contributed by atoms with Crippen LogP contribution in [0.3, 0.4) is 0 Å². The minimum absolute atomic E-state index is 0.119. The van der Waals surface area contributed by atoms with Gasteiger partial charge >= 0.3 is 12.0 Å². The van der Waals surface area contributed by atoms with E-state index in [1.807, 2.05) is 0 Å². The van der Waals surface area contributed by atoms with Crippen molar-refractivity contribution in [3.63, 3.8) is 0 Å². The third-order valence-corrected chi connectivity index (χ3v) is 2.97. The van der Waals surface area contributed by atoms with Gasteiger partial charge in [-0.3, -0.25) is 10.1 Å². The number of amides is 2. The molecular formula is C13H17N3O5. The van der Waals surface area contributed by atoms with Crippen molar-refractivity contribution >= 4 is 23.4 Å². The molecule has 0 heterocycles. The third kappa shape index (κ3) is 4.16. The number of carbonyl (C=O) groups is 2. The average Bonchev–Trinajstić information content (AvgIpc) is 2.37. The van der Waals surface area contributed by atoms with E-state index >= 15 is 0 Å². The summed E-state index contributed by atoms with van der Waals surface area (Å²) in [5, 5.41) is 24.6. The lowest BCUT2D eigenvalue weighted by atomic mass is 10.1. The summed E-state index contributed by atoms with van der Waals surface area (Å²) in [7, 11) is 0. The quantitative estimate of drug-likeness (QED) is 0.567. The minimum Gasteiger partial charge on any atom is -0.480 e. The van der Waals surface area contributed by atoms with Crippen molar-refractivity contribution in [2.45, 2.75) is 26.8 Å². The number of benzene rings is 1. The second kappa shape index (κ2) is 6.69. The van der Waals surface area contributed by atoms with Crippen LogP contribution in [-0.2, 0) is 4.79 Å². The first-order chi connectivity index (χ1) is 9.73. The van der Waals surface area contributed by atoms with Crippen LogP contribution in [0.15, 0.2) is 18.2 Å². The summed E-state index contributed by atoms with van der Waals surface area (Å²) in [6.45, 7) is 4.83. The van der Waals surface area contributed by atoms with Crippen LogP contribution in [-0.4, -0.2) is 28.1 Å². The van der Waals surface area contributed by atoms with Crippen molar-refractivity contribution in [1.82, 2.24) is 5.32 Å². The highest BCUT2D eigenvalue weighted by molar-refractivity contribution is 5.93. The number of nitrogens with zero attached hydrogens (tertiary/aromatic N) is 1. The van der Waals surface area contributed by atoms with E-state index in [9.17, 15) is 19.7 Å². The van der Waals surface area contributed by atoms with Gasteiger partial charge in [0.2, 0.25) is 0 Å². The van der Waals surface area contributed by atoms with Crippen LogP contribution in [0.1, 0.15) is 19.4 Å². The van der Waals surface area contributed by atoms with Gasteiger partial charge < -0.3 is 15.7 Å². The molecule has 0 aromatic heterocycles. The number of hydrogen-bond acceptors (Lipinski definition) is 4. The molecule has 0 spiro atoms. The first kappa shape index (κ1) is 16.4. The highest BCUT2D eigenvalue weighted by Crippen LogP contribution is 2.24. The van der Waals surface area contributed by atoms with Gasteiger partial charge in [-0.05, 0) is 18.9 Å². The Bertz CT molecular complexity index is 571. The number of nitrogens with one attached hydrogen (secondary N) is 2. The summed E-state index contributed by atoms with van der Waals surface area (Å²) in [6, 6.07) is 2.51. The normalized spacial score (nSPS) is 11.8. The Kier molecular flexibility index (Phi) is 5.23. The number of hydrogen-bond donors (Lipinski definition) is 3. The number of carboxylic acid groups (broad SMARTS) is 1. The maximum absolute atomic E-state index is 11.8.